The van der Waals surface area contributed by atoms with Crippen LogP contribution in [-0.2, 0) is 0 Å². The van der Waals surface area contributed by atoms with Gasteiger partial charge >= 0.3 is 0 Å². The largest absolute Gasteiger partial charge is 0.497 e. The standard InChI is InChI=1S/C46H37O3P/c1-47-36-26-22-34(23-27-36)32-44(35-24-28-37(48-2)29-25-35)45-33-39(49-38-14-6-3-7-15-38)30-31-42(45)43-20-12-13-21-46(43)50(40-16-8-4-9-17-40)41-18-10-5-11-19-41/h3-33H,1-2H3/b44-32+. The van der Waals surface area contributed by atoms with Crippen LogP contribution in [0.2, 0.25) is 0 Å². The Morgan fingerprint density at radius 1 is 0.460 bits per heavy atom. The third-order valence-corrected chi connectivity index (χ3v) is 11.1. The van der Waals surface area contributed by atoms with E-state index in [9.17, 15) is 0 Å². The van der Waals surface area contributed by atoms with Crippen LogP contribution in [0.15, 0.2) is 182 Å². The fraction of sp³-hybridized carbons (Fsp3) is 0.0435. The van der Waals surface area contributed by atoms with Crippen LogP contribution in [0.5, 0.6) is 23.0 Å². The molecule has 0 aromatic heterocycles. The summed E-state index contributed by atoms with van der Waals surface area (Å²) >= 11 is 0. The highest BCUT2D eigenvalue weighted by molar-refractivity contribution is 7.80. The molecular weight excluding hydrogens is 631 g/mol. The summed E-state index contributed by atoms with van der Waals surface area (Å²) in [5.41, 5.74) is 6.54. The van der Waals surface area contributed by atoms with Gasteiger partial charge in [-0.3, -0.25) is 0 Å². The summed E-state index contributed by atoms with van der Waals surface area (Å²) in [6, 6.07) is 63.4. The number of hydrogen-bond acceptors (Lipinski definition) is 3. The predicted molar refractivity (Wildman–Crippen MR) is 210 cm³/mol. The Bertz CT molecular complexity index is 2140. The quantitative estimate of drug-likeness (QED) is 0.101. The lowest BCUT2D eigenvalue weighted by molar-refractivity contribution is 0.414. The number of benzene rings is 7. The molecule has 0 atom stereocenters. The lowest BCUT2D eigenvalue weighted by Gasteiger charge is -2.24. The number of para-hydroxylation sites is 1. The van der Waals surface area contributed by atoms with E-state index in [1.165, 1.54) is 21.5 Å². The predicted octanol–water partition coefficient (Wildman–Crippen LogP) is 10.5. The van der Waals surface area contributed by atoms with Crippen LogP contribution >= 0.6 is 7.92 Å². The zero-order valence-corrected chi connectivity index (χ0v) is 29.0. The van der Waals surface area contributed by atoms with Crippen molar-refractivity contribution in [2.75, 3.05) is 14.2 Å². The molecule has 0 unspecified atom stereocenters. The highest BCUT2D eigenvalue weighted by Gasteiger charge is 2.23. The molecule has 0 amide bonds. The minimum absolute atomic E-state index is 0.759. The van der Waals surface area contributed by atoms with E-state index < -0.39 is 7.92 Å². The molecule has 4 heteroatoms. The molecule has 0 saturated heterocycles. The zero-order chi connectivity index (χ0) is 34.1. The van der Waals surface area contributed by atoms with E-state index in [1.54, 1.807) is 14.2 Å². The molecule has 0 aliphatic rings. The molecule has 0 saturated carbocycles. The highest BCUT2D eigenvalue weighted by Crippen LogP contribution is 2.42. The first-order chi connectivity index (χ1) is 24.7. The summed E-state index contributed by atoms with van der Waals surface area (Å²) < 4.78 is 17.5. The molecule has 7 aromatic carbocycles. The molecule has 0 bridgehead atoms. The third-order valence-electron chi connectivity index (χ3n) is 8.55. The third kappa shape index (κ3) is 7.39. The second kappa shape index (κ2) is 15.6. The van der Waals surface area contributed by atoms with Crippen LogP contribution < -0.4 is 30.1 Å². The maximum absolute atomic E-state index is 6.47. The van der Waals surface area contributed by atoms with Crippen LogP contribution in [0.4, 0.5) is 0 Å². The zero-order valence-electron chi connectivity index (χ0n) is 28.1. The molecule has 7 aromatic rings. The van der Waals surface area contributed by atoms with Gasteiger partial charge in [0.25, 0.3) is 0 Å². The minimum Gasteiger partial charge on any atom is -0.497 e. The van der Waals surface area contributed by atoms with Crippen LogP contribution in [0.3, 0.4) is 0 Å². The lowest BCUT2D eigenvalue weighted by Crippen LogP contribution is -2.22. The van der Waals surface area contributed by atoms with E-state index >= 15 is 0 Å². The first kappa shape index (κ1) is 32.6. The molecule has 0 N–H and O–H groups in total. The molecule has 0 aliphatic heterocycles. The number of ether oxygens (including phenoxy) is 3. The second-order valence-corrected chi connectivity index (χ2v) is 13.9. The summed E-state index contributed by atoms with van der Waals surface area (Å²) in [5.74, 6) is 3.17. The Morgan fingerprint density at radius 3 is 1.58 bits per heavy atom. The Labute approximate surface area is 295 Å². The SMILES string of the molecule is COc1ccc(/C=C(\c2ccc(OC)cc2)c2cc(Oc3ccccc3)ccc2-c2ccccc2P(c2ccccc2)c2ccccc2)cc1. The van der Waals surface area contributed by atoms with Gasteiger partial charge in [-0.25, -0.2) is 0 Å². The van der Waals surface area contributed by atoms with Crippen LogP contribution in [0, 0.1) is 0 Å². The van der Waals surface area contributed by atoms with E-state index in [2.05, 4.69) is 133 Å². The molecule has 0 aliphatic carbocycles. The van der Waals surface area contributed by atoms with Crippen LogP contribution in [0.1, 0.15) is 16.7 Å². The van der Waals surface area contributed by atoms with Gasteiger partial charge in [0.1, 0.15) is 23.0 Å². The number of rotatable bonds is 11. The monoisotopic (exact) mass is 668 g/mol. The van der Waals surface area contributed by atoms with Crippen molar-refractivity contribution in [1.82, 2.24) is 0 Å². The van der Waals surface area contributed by atoms with Crippen LogP contribution in [-0.4, -0.2) is 14.2 Å². The summed E-state index contributed by atoms with van der Waals surface area (Å²) in [7, 11) is 2.52. The molecule has 3 nitrogen and oxygen atoms in total. The van der Waals surface area contributed by atoms with Gasteiger partial charge in [0, 0.05) is 0 Å². The number of methoxy groups -OCH3 is 2. The van der Waals surface area contributed by atoms with Crippen LogP contribution in [0.25, 0.3) is 22.8 Å². The Kier molecular flexibility index (Phi) is 10.2. The Balaban J connectivity index is 1.47. The fourth-order valence-corrected chi connectivity index (χ4v) is 8.57. The maximum Gasteiger partial charge on any atom is 0.128 e. The van der Waals surface area contributed by atoms with Gasteiger partial charge < -0.3 is 14.2 Å². The van der Waals surface area contributed by atoms with Gasteiger partial charge in [-0.1, -0.05) is 133 Å². The summed E-state index contributed by atoms with van der Waals surface area (Å²) in [4.78, 5) is 0. The van der Waals surface area contributed by atoms with E-state index in [-0.39, 0.29) is 0 Å². The minimum atomic E-state index is -0.865. The van der Waals surface area contributed by atoms with Crippen molar-refractivity contribution in [3.8, 4) is 34.1 Å². The van der Waals surface area contributed by atoms with E-state index in [0.717, 1.165) is 50.8 Å². The van der Waals surface area contributed by atoms with Crippen molar-refractivity contribution < 1.29 is 14.2 Å². The molecular formula is C46H37O3P. The molecule has 7 rings (SSSR count). The van der Waals surface area contributed by atoms with Crippen molar-refractivity contribution in [1.29, 1.82) is 0 Å². The van der Waals surface area contributed by atoms with Crippen molar-refractivity contribution in [3.05, 3.63) is 199 Å². The van der Waals surface area contributed by atoms with Gasteiger partial charge in [0.05, 0.1) is 14.2 Å². The van der Waals surface area contributed by atoms with Crippen molar-refractivity contribution in [2.24, 2.45) is 0 Å². The summed E-state index contributed by atoms with van der Waals surface area (Å²) in [5, 5.41) is 3.89. The topological polar surface area (TPSA) is 27.7 Å². The van der Waals surface area contributed by atoms with Gasteiger partial charge in [0.2, 0.25) is 0 Å². The Hall–Kier alpha value is -5.89. The molecule has 0 fully saturated rings. The first-order valence-electron chi connectivity index (χ1n) is 16.6. The normalized spacial score (nSPS) is 11.3. The Morgan fingerprint density at radius 2 is 0.980 bits per heavy atom. The van der Waals surface area contributed by atoms with E-state index in [4.69, 9.17) is 14.2 Å². The molecule has 50 heavy (non-hydrogen) atoms. The second-order valence-electron chi connectivity index (χ2n) is 11.7. The van der Waals surface area contributed by atoms with Crippen molar-refractivity contribution in [2.45, 2.75) is 0 Å². The van der Waals surface area contributed by atoms with Gasteiger partial charge in [0.15, 0.2) is 0 Å². The average molecular weight is 669 g/mol. The highest BCUT2D eigenvalue weighted by atomic mass is 31.1. The molecule has 0 spiro atoms. The average Bonchev–Trinajstić information content (AvgIpc) is 3.19. The summed E-state index contributed by atoms with van der Waals surface area (Å²) in [6.07, 6.45) is 2.24. The van der Waals surface area contributed by atoms with Crippen molar-refractivity contribution >= 4 is 35.5 Å². The van der Waals surface area contributed by atoms with E-state index in [1.807, 2.05) is 54.6 Å². The van der Waals surface area contributed by atoms with Gasteiger partial charge in [-0.15, -0.1) is 0 Å². The fourth-order valence-electron chi connectivity index (χ4n) is 6.10. The van der Waals surface area contributed by atoms with Crippen molar-refractivity contribution in [3.63, 3.8) is 0 Å². The smallest absolute Gasteiger partial charge is 0.128 e. The lowest BCUT2D eigenvalue weighted by atomic mass is 9.89. The summed E-state index contributed by atoms with van der Waals surface area (Å²) in [6.45, 7) is 0. The number of hydrogen-bond donors (Lipinski definition) is 0. The molecule has 0 radical (unpaired) electrons. The maximum atomic E-state index is 6.47. The van der Waals surface area contributed by atoms with E-state index in [0.29, 0.717) is 0 Å². The first-order valence-corrected chi connectivity index (χ1v) is 17.9. The molecule has 244 valence electrons. The molecule has 0 heterocycles. The van der Waals surface area contributed by atoms with Gasteiger partial charge in [-0.2, -0.15) is 0 Å². The van der Waals surface area contributed by atoms with Gasteiger partial charge in [-0.05, 0) is 112 Å².